The summed E-state index contributed by atoms with van der Waals surface area (Å²) in [7, 11) is 3.60. The number of rotatable bonds is 8. The summed E-state index contributed by atoms with van der Waals surface area (Å²) in [5.74, 6) is 2.16. The molecule has 1 amide bonds. The van der Waals surface area contributed by atoms with Gasteiger partial charge in [-0.3, -0.25) is 14.7 Å². The first-order valence-corrected chi connectivity index (χ1v) is 10.8. The highest BCUT2D eigenvalue weighted by Gasteiger charge is 2.27. The maximum atomic E-state index is 12.9. The van der Waals surface area contributed by atoms with Gasteiger partial charge >= 0.3 is 0 Å². The molecule has 1 saturated heterocycles. The van der Waals surface area contributed by atoms with Crippen LogP contribution in [0.1, 0.15) is 17.4 Å². The fourth-order valence-electron chi connectivity index (χ4n) is 3.68. The van der Waals surface area contributed by atoms with Gasteiger partial charge in [-0.05, 0) is 36.9 Å². The minimum atomic E-state index is -0.279. The number of hydrogen-bond donors (Lipinski definition) is 1. The van der Waals surface area contributed by atoms with Gasteiger partial charge in [0.2, 0.25) is 5.91 Å². The highest BCUT2D eigenvalue weighted by molar-refractivity contribution is 5.78. The summed E-state index contributed by atoms with van der Waals surface area (Å²) in [5.41, 5.74) is 1.90. The minimum absolute atomic E-state index is 0.0770. The van der Waals surface area contributed by atoms with E-state index in [1.165, 1.54) is 0 Å². The highest BCUT2D eigenvalue weighted by atomic mass is 16.5. The Morgan fingerprint density at radius 3 is 2.82 bits per heavy atom. The van der Waals surface area contributed by atoms with Crippen LogP contribution in [-0.4, -0.2) is 71.1 Å². The molecule has 1 aromatic carbocycles. The van der Waals surface area contributed by atoms with E-state index >= 15 is 0 Å². The van der Waals surface area contributed by atoms with E-state index in [9.17, 15) is 4.79 Å². The Balaban J connectivity index is 1.33. The monoisotopic (exact) mass is 448 g/mol. The van der Waals surface area contributed by atoms with Gasteiger partial charge < -0.3 is 19.7 Å². The van der Waals surface area contributed by atoms with E-state index in [1.807, 2.05) is 59.3 Å². The lowest BCUT2D eigenvalue weighted by Crippen LogP contribution is -2.46. The van der Waals surface area contributed by atoms with Gasteiger partial charge in [-0.15, -0.1) is 0 Å². The molecule has 9 nitrogen and oxygen atoms in total. The van der Waals surface area contributed by atoms with Crippen LogP contribution in [0.25, 0.3) is 0 Å². The zero-order valence-electron chi connectivity index (χ0n) is 18.8. The Labute approximate surface area is 193 Å². The molecule has 172 valence electrons. The van der Waals surface area contributed by atoms with Gasteiger partial charge in [-0.25, -0.2) is 9.97 Å². The van der Waals surface area contributed by atoms with Crippen LogP contribution in [0, 0.1) is 0 Å². The number of likely N-dealkylation sites (N-methyl/N-ethyl adjacent to an activating group) is 1. The summed E-state index contributed by atoms with van der Waals surface area (Å²) in [6.07, 6.45) is 4.59. The fourth-order valence-corrected chi connectivity index (χ4v) is 3.68. The Bertz CT molecular complexity index is 1050. The number of hydrogen-bond acceptors (Lipinski definition) is 8. The van der Waals surface area contributed by atoms with Crippen LogP contribution in [0.4, 0.5) is 11.6 Å². The second-order valence-electron chi connectivity index (χ2n) is 7.88. The van der Waals surface area contributed by atoms with Gasteiger partial charge in [0.15, 0.2) is 0 Å². The topological polar surface area (TPSA) is 92.7 Å². The standard InChI is InChI=1S/C24H28N6O3/c1-29(15-18-6-8-19(32-2)9-7-18)17-24(31)30-12-13-33-21(16-30)20-4-3-5-22(27-20)28-23-14-25-10-11-26-23/h3-11,14,21H,12-13,15-17H2,1-2H3,(H,26,27,28)/t21-/m0/s1. The van der Waals surface area contributed by atoms with Crippen molar-refractivity contribution in [1.29, 1.82) is 0 Å². The Kier molecular flexibility index (Phi) is 7.43. The number of ether oxygens (including phenoxy) is 2. The van der Waals surface area contributed by atoms with E-state index in [1.54, 1.807) is 25.7 Å². The van der Waals surface area contributed by atoms with Crippen LogP contribution in [0.15, 0.2) is 61.1 Å². The maximum Gasteiger partial charge on any atom is 0.236 e. The van der Waals surface area contributed by atoms with Crippen molar-refractivity contribution < 1.29 is 14.3 Å². The first kappa shape index (κ1) is 22.6. The second-order valence-corrected chi connectivity index (χ2v) is 7.88. The van der Waals surface area contributed by atoms with Gasteiger partial charge in [0, 0.05) is 25.5 Å². The molecule has 1 fully saturated rings. The van der Waals surface area contributed by atoms with Crippen LogP contribution in [0.5, 0.6) is 5.75 Å². The number of pyridine rings is 1. The zero-order valence-corrected chi connectivity index (χ0v) is 18.8. The minimum Gasteiger partial charge on any atom is -0.497 e. The number of amides is 1. The average molecular weight is 449 g/mol. The molecule has 0 saturated carbocycles. The summed E-state index contributed by atoms with van der Waals surface area (Å²) >= 11 is 0. The summed E-state index contributed by atoms with van der Waals surface area (Å²) in [6.45, 7) is 2.53. The molecule has 0 unspecified atom stereocenters. The van der Waals surface area contributed by atoms with E-state index in [0.717, 1.165) is 17.0 Å². The van der Waals surface area contributed by atoms with Crippen molar-refractivity contribution in [3.63, 3.8) is 0 Å². The number of carbonyl (C=O) groups excluding carboxylic acids is 1. The molecule has 1 atom stereocenters. The Morgan fingerprint density at radius 2 is 2.06 bits per heavy atom. The SMILES string of the molecule is COc1ccc(CN(C)CC(=O)N2CCO[C@H](c3cccc(Nc4cnccn4)n3)C2)cc1. The lowest BCUT2D eigenvalue weighted by molar-refractivity contribution is -0.140. The number of anilines is 2. The Hall–Kier alpha value is -3.56. The lowest BCUT2D eigenvalue weighted by Gasteiger charge is -2.33. The molecule has 1 aliphatic heterocycles. The highest BCUT2D eigenvalue weighted by Crippen LogP contribution is 2.23. The molecule has 3 heterocycles. The number of benzene rings is 1. The van der Waals surface area contributed by atoms with E-state index < -0.39 is 0 Å². The maximum absolute atomic E-state index is 12.9. The molecule has 1 N–H and O–H groups in total. The lowest BCUT2D eigenvalue weighted by atomic mass is 10.1. The third kappa shape index (κ3) is 6.24. The van der Waals surface area contributed by atoms with Crippen LogP contribution in [-0.2, 0) is 16.1 Å². The van der Waals surface area contributed by atoms with Crippen molar-refractivity contribution in [3.05, 3.63) is 72.3 Å². The van der Waals surface area contributed by atoms with Gasteiger partial charge in [0.05, 0.1) is 38.7 Å². The molecule has 0 radical (unpaired) electrons. The predicted octanol–water partition coefficient (Wildman–Crippen LogP) is 2.66. The predicted molar refractivity (Wildman–Crippen MR) is 124 cm³/mol. The number of carbonyl (C=O) groups is 1. The molecule has 0 aliphatic carbocycles. The van der Waals surface area contributed by atoms with Gasteiger partial charge in [0.25, 0.3) is 0 Å². The number of morpholine rings is 1. The van der Waals surface area contributed by atoms with Crippen molar-refractivity contribution >= 4 is 17.5 Å². The summed E-state index contributed by atoms with van der Waals surface area (Å²) in [5, 5.41) is 3.14. The largest absolute Gasteiger partial charge is 0.497 e. The zero-order chi connectivity index (χ0) is 23.0. The molecular weight excluding hydrogens is 420 g/mol. The van der Waals surface area contributed by atoms with Gasteiger partial charge in [-0.1, -0.05) is 18.2 Å². The Morgan fingerprint density at radius 1 is 1.21 bits per heavy atom. The fraction of sp³-hybridized carbons (Fsp3) is 0.333. The van der Waals surface area contributed by atoms with Gasteiger partial charge in [0.1, 0.15) is 23.5 Å². The molecule has 0 spiro atoms. The molecule has 1 aliphatic rings. The van der Waals surface area contributed by atoms with Crippen LogP contribution < -0.4 is 10.1 Å². The van der Waals surface area contributed by atoms with Crippen LogP contribution in [0.3, 0.4) is 0 Å². The molecule has 0 bridgehead atoms. The quantitative estimate of drug-likeness (QED) is 0.562. The second kappa shape index (κ2) is 10.8. The van der Waals surface area contributed by atoms with Crippen molar-refractivity contribution in [3.8, 4) is 5.75 Å². The molecule has 3 aromatic rings. The molecule has 9 heteroatoms. The van der Waals surface area contributed by atoms with E-state index in [0.29, 0.717) is 44.4 Å². The summed E-state index contributed by atoms with van der Waals surface area (Å²) in [4.78, 5) is 29.7. The normalized spacial score (nSPS) is 16.0. The van der Waals surface area contributed by atoms with E-state index in [4.69, 9.17) is 9.47 Å². The van der Waals surface area contributed by atoms with Crippen LogP contribution >= 0.6 is 0 Å². The first-order valence-electron chi connectivity index (χ1n) is 10.8. The van der Waals surface area contributed by atoms with Gasteiger partial charge in [-0.2, -0.15) is 0 Å². The number of nitrogens with one attached hydrogen (secondary N) is 1. The van der Waals surface area contributed by atoms with Crippen molar-refractivity contribution in [2.45, 2.75) is 12.6 Å². The van der Waals surface area contributed by atoms with Crippen molar-refractivity contribution in [2.75, 3.05) is 45.7 Å². The smallest absolute Gasteiger partial charge is 0.236 e. The van der Waals surface area contributed by atoms with E-state index in [2.05, 4.69) is 20.3 Å². The number of methoxy groups -OCH3 is 1. The van der Waals surface area contributed by atoms with Crippen molar-refractivity contribution in [1.82, 2.24) is 24.8 Å². The third-order valence-corrected chi connectivity index (χ3v) is 5.36. The summed E-state index contributed by atoms with van der Waals surface area (Å²) in [6, 6.07) is 13.6. The molecule has 33 heavy (non-hydrogen) atoms. The molecule has 2 aromatic heterocycles. The molecule has 4 rings (SSSR count). The first-order chi connectivity index (χ1) is 16.1. The van der Waals surface area contributed by atoms with Crippen LogP contribution in [0.2, 0.25) is 0 Å². The van der Waals surface area contributed by atoms with Crippen molar-refractivity contribution in [2.24, 2.45) is 0 Å². The molecular formula is C24H28N6O3. The summed E-state index contributed by atoms with van der Waals surface area (Å²) < 4.78 is 11.1. The number of nitrogens with zero attached hydrogens (tertiary/aromatic N) is 5. The number of aromatic nitrogens is 3. The third-order valence-electron chi connectivity index (χ3n) is 5.36. The van der Waals surface area contributed by atoms with E-state index in [-0.39, 0.29) is 12.0 Å². The average Bonchev–Trinajstić information content (AvgIpc) is 2.85.